The number of ether oxygens (including phenoxy) is 3. The first kappa shape index (κ1) is 30.8. The van der Waals surface area contributed by atoms with Gasteiger partial charge in [0.2, 0.25) is 0 Å². The van der Waals surface area contributed by atoms with Crippen LogP contribution in [-0.4, -0.2) is 89.7 Å². The van der Waals surface area contributed by atoms with E-state index in [-0.39, 0.29) is 26.4 Å². The molecule has 0 spiro atoms. The van der Waals surface area contributed by atoms with Crippen molar-refractivity contribution < 1.29 is 57.4 Å². The Bertz CT molecular complexity index is 727. The summed E-state index contributed by atoms with van der Waals surface area (Å²) in [5.41, 5.74) is -12.6. The summed E-state index contributed by atoms with van der Waals surface area (Å²) in [6.45, 7) is -1.69. The van der Waals surface area contributed by atoms with Crippen molar-refractivity contribution in [1.29, 1.82) is 0 Å². The number of alkyl halides is 6. The molecule has 0 rings (SSSR count). The van der Waals surface area contributed by atoms with Crippen molar-refractivity contribution in [3.05, 3.63) is 0 Å². The fourth-order valence-corrected chi connectivity index (χ4v) is 15.9. The van der Waals surface area contributed by atoms with Crippen LogP contribution in [0.5, 0.6) is 0 Å². The first-order valence-electron chi connectivity index (χ1n) is 9.01. The SMILES string of the molecule is CCP(CC)(CC)(COCCOCCOC)N(S(=O)(=O)C(F)(F)F)S(=O)(=O)C(F)(F)F. The fraction of sp³-hybridized carbons (Fsp3) is 1.00. The summed E-state index contributed by atoms with van der Waals surface area (Å²) < 4.78 is 143. The molecule has 0 fully saturated rings. The van der Waals surface area contributed by atoms with Gasteiger partial charge in [-0.05, 0) is 0 Å². The van der Waals surface area contributed by atoms with Gasteiger partial charge >= 0.3 is 178 Å². The molecule has 0 aliphatic heterocycles. The van der Waals surface area contributed by atoms with Crippen LogP contribution in [0.1, 0.15) is 20.8 Å². The van der Waals surface area contributed by atoms with Crippen LogP contribution in [0, 0.1) is 0 Å². The molecule has 0 bridgehead atoms. The van der Waals surface area contributed by atoms with Gasteiger partial charge < -0.3 is 0 Å². The minimum absolute atomic E-state index is 0.120. The third-order valence-corrected chi connectivity index (χ3v) is 19.0. The normalized spacial score (nSPS) is 15.8. The van der Waals surface area contributed by atoms with Crippen molar-refractivity contribution in [2.75, 3.05) is 58.4 Å². The molecule has 0 atom stereocenters. The van der Waals surface area contributed by atoms with E-state index in [9.17, 15) is 43.2 Å². The summed E-state index contributed by atoms with van der Waals surface area (Å²) in [5.74, 6) is 0. The van der Waals surface area contributed by atoms with Gasteiger partial charge in [-0.1, -0.05) is 0 Å². The summed E-state index contributed by atoms with van der Waals surface area (Å²) in [6, 6.07) is 0. The van der Waals surface area contributed by atoms with Gasteiger partial charge in [0.25, 0.3) is 0 Å². The molecule has 17 heteroatoms. The molecule has 0 amide bonds. The zero-order chi connectivity index (χ0) is 24.8. The van der Waals surface area contributed by atoms with Crippen LogP contribution >= 0.6 is 6.75 Å². The minimum atomic E-state index is -6.93. The van der Waals surface area contributed by atoms with Gasteiger partial charge in [0.1, 0.15) is 0 Å². The van der Waals surface area contributed by atoms with E-state index in [0.717, 1.165) is 20.8 Å². The van der Waals surface area contributed by atoms with Crippen LogP contribution in [0.2, 0.25) is 0 Å². The van der Waals surface area contributed by atoms with E-state index in [1.54, 1.807) is 0 Å². The average Bonchev–Trinajstić information content (AvgIpc) is 2.64. The second-order valence-electron chi connectivity index (χ2n) is 6.58. The first-order valence-corrected chi connectivity index (χ1v) is 14.8. The quantitative estimate of drug-likeness (QED) is 0.193. The first-order chi connectivity index (χ1) is 13.9. The molecular formula is C14H28F6NO7PS2. The number of sulfonamides is 2. The van der Waals surface area contributed by atoms with E-state index in [2.05, 4.69) is 0 Å². The van der Waals surface area contributed by atoms with Crippen LogP contribution in [0.25, 0.3) is 0 Å². The molecule has 0 heterocycles. The van der Waals surface area contributed by atoms with Gasteiger partial charge in [-0.3, -0.25) is 0 Å². The van der Waals surface area contributed by atoms with E-state index >= 15 is 0 Å². The number of halogens is 6. The second-order valence-corrected chi connectivity index (χ2v) is 17.3. The summed E-state index contributed by atoms with van der Waals surface area (Å²) in [6.07, 6.45) is -2.69. The average molecular weight is 531 g/mol. The number of hydrogen-bond acceptors (Lipinski definition) is 7. The Hall–Kier alpha value is -0.250. The Balaban J connectivity index is 6.56. The number of hydrogen-bond donors (Lipinski definition) is 0. The Morgan fingerprint density at radius 1 is 0.710 bits per heavy atom. The Kier molecular flexibility index (Phi) is 10.7. The molecule has 0 aliphatic rings. The predicted octanol–water partition coefficient (Wildman–Crippen LogP) is 3.15. The van der Waals surface area contributed by atoms with Crippen molar-refractivity contribution in [3.63, 3.8) is 0 Å². The zero-order valence-electron chi connectivity index (χ0n) is 17.5. The molecule has 190 valence electrons. The Morgan fingerprint density at radius 3 is 1.39 bits per heavy atom. The van der Waals surface area contributed by atoms with Gasteiger partial charge in [0.15, 0.2) is 0 Å². The Labute approximate surface area is 178 Å². The molecule has 0 aliphatic carbocycles. The van der Waals surface area contributed by atoms with Crippen LogP contribution < -0.4 is 0 Å². The van der Waals surface area contributed by atoms with Gasteiger partial charge in [0, 0.05) is 0 Å². The third-order valence-electron chi connectivity index (χ3n) is 5.12. The second kappa shape index (κ2) is 10.8. The monoisotopic (exact) mass is 531 g/mol. The van der Waals surface area contributed by atoms with Gasteiger partial charge in [-0.15, -0.1) is 0 Å². The summed E-state index contributed by atoms with van der Waals surface area (Å²) >= 11 is 0. The van der Waals surface area contributed by atoms with Gasteiger partial charge in [-0.25, -0.2) is 0 Å². The third kappa shape index (κ3) is 6.21. The topological polar surface area (TPSA) is 99.2 Å². The molecule has 0 aromatic heterocycles. The maximum absolute atomic E-state index is 13.4. The molecule has 0 aromatic carbocycles. The molecule has 0 aromatic rings. The maximum atomic E-state index is 13.4. The van der Waals surface area contributed by atoms with Crippen LogP contribution in [0.4, 0.5) is 26.3 Å². The molecule has 0 N–H and O–H groups in total. The van der Waals surface area contributed by atoms with Crippen molar-refractivity contribution >= 4 is 26.8 Å². The number of methoxy groups -OCH3 is 1. The molecule has 31 heavy (non-hydrogen) atoms. The fourth-order valence-electron chi connectivity index (χ4n) is 2.91. The van der Waals surface area contributed by atoms with Crippen LogP contribution in [-0.2, 0) is 34.3 Å². The van der Waals surface area contributed by atoms with E-state index in [1.165, 1.54) is 7.11 Å². The molecule has 0 saturated heterocycles. The Morgan fingerprint density at radius 2 is 1.06 bits per heavy atom. The van der Waals surface area contributed by atoms with Crippen LogP contribution in [0.15, 0.2) is 0 Å². The van der Waals surface area contributed by atoms with Crippen molar-refractivity contribution in [3.8, 4) is 0 Å². The summed E-state index contributed by atoms with van der Waals surface area (Å²) in [7, 11) is -12.5. The number of nitrogens with zero attached hydrogens (tertiary/aromatic N) is 1. The zero-order valence-corrected chi connectivity index (χ0v) is 20.0. The summed E-state index contributed by atoms with van der Waals surface area (Å²) in [5, 5.41) is 0. The van der Waals surface area contributed by atoms with Crippen molar-refractivity contribution in [1.82, 2.24) is 3.48 Å². The van der Waals surface area contributed by atoms with Gasteiger partial charge in [0.05, 0.1) is 0 Å². The molecule has 0 radical (unpaired) electrons. The molecule has 0 saturated carbocycles. The van der Waals surface area contributed by atoms with E-state index in [4.69, 9.17) is 14.2 Å². The predicted molar refractivity (Wildman–Crippen MR) is 104 cm³/mol. The van der Waals surface area contributed by atoms with Crippen LogP contribution in [0.3, 0.4) is 0 Å². The van der Waals surface area contributed by atoms with Crippen molar-refractivity contribution in [2.24, 2.45) is 0 Å². The molecule has 8 nitrogen and oxygen atoms in total. The van der Waals surface area contributed by atoms with E-state index in [1.807, 2.05) is 0 Å². The van der Waals surface area contributed by atoms with Gasteiger partial charge in [-0.2, -0.15) is 0 Å². The molecule has 0 unspecified atom stereocenters. The number of rotatable bonds is 14. The van der Waals surface area contributed by atoms with E-state index < -0.39 is 66.1 Å². The standard InChI is InChI=1S/C14H28F6NO7PS2/c1-5-29(6-2,7-3,12-28-11-10-27-9-8-26-4)21(30(22,23)13(15,16)17)31(24,25)14(18,19)20/h5-12H2,1-4H3. The van der Waals surface area contributed by atoms with Crippen molar-refractivity contribution in [2.45, 2.75) is 31.8 Å². The van der Waals surface area contributed by atoms with E-state index in [0.29, 0.717) is 0 Å². The summed E-state index contributed by atoms with van der Waals surface area (Å²) in [4.78, 5) is 0. The molecular weight excluding hydrogens is 503 g/mol.